The first-order chi connectivity index (χ1) is 9.13. The summed E-state index contributed by atoms with van der Waals surface area (Å²) in [5, 5.41) is 0. The van der Waals surface area contributed by atoms with Gasteiger partial charge in [-0.3, -0.25) is 0 Å². The first-order valence-electron chi connectivity index (χ1n) is 7.47. The Morgan fingerprint density at radius 3 is 2.58 bits per heavy atom. The molecule has 0 amide bonds. The molecule has 0 atom stereocenters. The summed E-state index contributed by atoms with van der Waals surface area (Å²) >= 11 is 0. The van der Waals surface area contributed by atoms with E-state index in [0.717, 1.165) is 49.1 Å². The number of nitrogen functional groups attached to an aromatic ring is 1. The molecular formula is C15H26N4. The van der Waals surface area contributed by atoms with Gasteiger partial charge < -0.3 is 10.6 Å². The number of piperidine rings is 1. The van der Waals surface area contributed by atoms with E-state index in [2.05, 4.69) is 35.6 Å². The van der Waals surface area contributed by atoms with Gasteiger partial charge in [-0.1, -0.05) is 27.2 Å². The predicted octanol–water partition coefficient (Wildman–Crippen LogP) is 2.88. The van der Waals surface area contributed by atoms with Crippen LogP contribution in [0, 0.1) is 11.8 Å². The normalized spacial score (nSPS) is 17.2. The Kier molecular flexibility index (Phi) is 4.61. The molecule has 2 rings (SSSR count). The van der Waals surface area contributed by atoms with Crippen molar-refractivity contribution in [3.63, 3.8) is 0 Å². The molecule has 1 aliphatic rings. The standard InChI is InChI=1S/C15H26N4/c1-4-5-13-14(16)17-10-18-15(13)19-8-6-12(7-9-19)11(2)3/h10-12H,4-9H2,1-3H3,(H2,16,17,18). The van der Waals surface area contributed by atoms with E-state index >= 15 is 0 Å². The summed E-state index contributed by atoms with van der Waals surface area (Å²) in [5.41, 5.74) is 7.14. The zero-order chi connectivity index (χ0) is 13.8. The van der Waals surface area contributed by atoms with E-state index in [1.165, 1.54) is 12.8 Å². The van der Waals surface area contributed by atoms with Crippen molar-refractivity contribution >= 4 is 11.6 Å². The van der Waals surface area contributed by atoms with E-state index in [4.69, 9.17) is 5.73 Å². The Morgan fingerprint density at radius 1 is 1.32 bits per heavy atom. The third-order valence-corrected chi connectivity index (χ3v) is 4.24. The Bertz CT molecular complexity index is 409. The highest BCUT2D eigenvalue weighted by Gasteiger charge is 2.24. The van der Waals surface area contributed by atoms with Crippen LogP contribution in [0.1, 0.15) is 45.6 Å². The minimum absolute atomic E-state index is 0.651. The van der Waals surface area contributed by atoms with Gasteiger partial charge in [0.25, 0.3) is 0 Å². The molecule has 0 unspecified atom stereocenters. The summed E-state index contributed by atoms with van der Waals surface area (Å²) in [7, 11) is 0. The maximum absolute atomic E-state index is 6.01. The molecular weight excluding hydrogens is 236 g/mol. The molecule has 1 aromatic heterocycles. The van der Waals surface area contributed by atoms with Crippen LogP contribution in [-0.2, 0) is 6.42 Å². The lowest BCUT2D eigenvalue weighted by molar-refractivity contribution is 0.310. The number of aromatic nitrogens is 2. The van der Waals surface area contributed by atoms with Gasteiger partial charge in [0.05, 0.1) is 0 Å². The van der Waals surface area contributed by atoms with Gasteiger partial charge in [-0.25, -0.2) is 9.97 Å². The number of hydrogen-bond acceptors (Lipinski definition) is 4. The monoisotopic (exact) mass is 262 g/mol. The first-order valence-corrected chi connectivity index (χ1v) is 7.47. The van der Waals surface area contributed by atoms with Gasteiger partial charge in [0.1, 0.15) is 18.0 Å². The quantitative estimate of drug-likeness (QED) is 0.906. The minimum Gasteiger partial charge on any atom is -0.383 e. The third-order valence-electron chi connectivity index (χ3n) is 4.24. The summed E-state index contributed by atoms with van der Waals surface area (Å²) < 4.78 is 0. The van der Waals surface area contributed by atoms with E-state index in [1.54, 1.807) is 6.33 Å². The fourth-order valence-corrected chi connectivity index (χ4v) is 2.96. The highest BCUT2D eigenvalue weighted by molar-refractivity contribution is 5.56. The molecule has 2 heterocycles. The summed E-state index contributed by atoms with van der Waals surface area (Å²) in [6, 6.07) is 0. The molecule has 0 aliphatic carbocycles. The molecule has 1 aliphatic heterocycles. The highest BCUT2D eigenvalue weighted by atomic mass is 15.2. The largest absolute Gasteiger partial charge is 0.383 e. The van der Waals surface area contributed by atoms with Crippen LogP contribution in [0.15, 0.2) is 6.33 Å². The molecule has 19 heavy (non-hydrogen) atoms. The van der Waals surface area contributed by atoms with Crippen molar-refractivity contribution < 1.29 is 0 Å². The minimum atomic E-state index is 0.651. The first kappa shape index (κ1) is 14.1. The number of rotatable bonds is 4. The fraction of sp³-hybridized carbons (Fsp3) is 0.733. The Morgan fingerprint density at radius 2 is 2.00 bits per heavy atom. The Hall–Kier alpha value is -1.32. The van der Waals surface area contributed by atoms with Gasteiger partial charge in [-0.05, 0) is 31.1 Å². The second-order valence-electron chi connectivity index (χ2n) is 5.88. The van der Waals surface area contributed by atoms with Crippen LogP contribution in [-0.4, -0.2) is 23.1 Å². The van der Waals surface area contributed by atoms with Crippen LogP contribution in [0.5, 0.6) is 0 Å². The van der Waals surface area contributed by atoms with Crippen LogP contribution < -0.4 is 10.6 Å². The van der Waals surface area contributed by atoms with Crippen molar-refractivity contribution in [2.45, 2.75) is 46.5 Å². The zero-order valence-corrected chi connectivity index (χ0v) is 12.4. The van der Waals surface area contributed by atoms with Crippen LogP contribution >= 0.6 is 0 Å². The lowest BCUT2D eigenvalue weighted by atomic mass is 9.86. The zero-order valence-electron chi connectivity index (χ0n) is 12.4. The van der Waals surface area contributed by atoms with Crippen molar-refractivity contribution in [2.24, 2.45) is 11.8 Å². The Balaban J connectivity index is 2.13. The average molecular weight is 262 g/mol. The van der Waals surface area contributed by atoms with Crippen LogP contribution in [0.2, 0.25) is 0 Å². The van der Waals surface area contributed by atoms with Crippen molar-refractivity contribution in [3.8, 4) is 0 Å². The maximum Gasteiger partial charge on any atom is 0.137 e. The van der Waals surface area contributed by atoms with E-state index < -0.39 is 0 Å². The molecule has 0 radical (unpaired) electrons. The molecule has 1 aromatic rings. The van der Waals surface area contributed by atoms with Gasteiger partial charge in [0, 0.05) is 18.7 Å². The lowest BCUT2D eigenvalue weighted by Crippen LogP contribution is -2.36. The lowest BCUT2D eigenvalue weighted by Gasteiger charge is -2.35. The Labute approximate surface area is 116 Å². The molecule has 0 spiro atoms. The van der Waals surface area contributed by atoms with E-state index in [-0.39, 0.29) is 0 Å². The van der Waals surface area contributed by atoms with Crippen molar-refractivity contribution in [3.05, 3.63) is 11.9 Å². The number of nitrogens with two attached hydrogens (primary N) is 1. The fourth-order valence-electron chi connectivity index (χ4n) is 2.96. The summed E-state index contributed by atoms with van der Waals surface area (Å²) in [6.07, 6.45) is 6.15. The van der Waals surface area contributed by atoms with Gasteiger partial charge in [-0.15, -0.1) is 0 Å². The SMILES string of the molecule is CCCc1c(N)ncnc1N1CCC(C(C)C)CC1. The molecule has 1 fully saturated rings. The van der Waals surface area contributed by atoms with Gasteiger partial charge in [0.2, 0.25) is 0 Å². The van der Waals surface area contributed by atoms with Crippen molar-refractivity contribution in [1.82, 2.24) is 9.97 Å². The summed E-state index contributed by atoms with van der Waals surface area (Å²) in [6.45, 7) is 9.00. The summed E-state index contributed by atoms with van der Waals surface area (Å²) in [4.78, 5) is 11.0. The molecule has 106 valence electrons. The molecule has 0 bridgehead atoms. The number of hydrogen-bond donors (Lipinski definition) is 1. The van der Waals surface area contributed by atoms with E-state index in [9.17, 15) is 0 Å². The van der Waals surface area contributed by atoms with E-state index in [1.807, 2.05) is 0 Å². The smallest absolute Gasteiger partial charge is 0.137 e. The van der Waals surface area contributed by atoms with Gasteiger partial charge in [-0.2, -0.15) is 0 Å². The summed E-state index contributed by atoms with van der Waals surface area (Å²) in [5.74, 6) is 3.35. The molecule has 0 saturated carbocycles. The van der Waals surface area contributed by atoms with Crippen LogP contribution in [0.4, 0.5) is 11.6 Å². The van der Waals surface area contributed by atoms with Gasteiger partial charge in [0.15, 0.2) is 0 Å². The topological polar surface area (TPSA) is 55.0 Å². The van der Waals surface area contributed by atoms with Gasteiger partial charge >= 0.3 is 0 Å². The molecule has 4 nitrogen and oxygen atoms in total. The number of anilines is 2. The number of nitrogens with zero attached hydrogens (tertiary/aromatic N) is 3. The average Bonchev–Trinajstić information content (AvgIpc) is 2.41. The maximum atomic E-state index is 6.01. The molecule has 2 N–H and O–H groups in total. The second kappa shape index (κ2) is 6.22. The van der Waals surface area contributed by atoms with Crippen molar-refractivity contribution in [2.75, 3.05) is 23.7 Å². The molecule has 4 heteroatoms. The third kappa shape index (κ3) is 3.17. The molecule has 1 saturated heterocycles. The van der Waals surface area contributed by atoms with E-state index in [0.29, 0.717) is 5.82 Å². The van der Waals surface area contributed by atoms with Crippen molar-refractivity contribution in [1.29, 1.82) is 0 Å². The highest BCUT2D eigenvalue weighted by Crippen LogP contribution is 2.30. The van der Waals surface area contributed by atoms with Crippen LogP contribution in [0.3, 0.4) is 0 Å². The molecule has 0 aromatic carbocycles. The second-order valence-corrected chi connectivity index (χ2v) is 5.88. The van der Waals surface area contributed by atoms with Crippen LogP contribution in [0.25, 0.3) is 0 Å². The predicted molar refractivity (Wildman–Crippen MR) is 80.2 cm³/mol.